The lowest BCUT2D eigenvalue weighted by atomic mass is 9.87. The van der Waals surface area contributed by atoms with Crippen molar-refractivity contribution in [3.63, 3.8) is 0 Å². The second kappa shape index (κ2) is 17.6. The zero-order chi connectivity index (χ0) is 39.9. The van der Waals surface area contributed by atoms with Crippen molar-refractivity contribution < 1.29 is 48.0 Å². The van der Waals surface area contributed by atoms with Crippen LogP contribution in [0.3, 0.4) is 0 Å². The largest absolute Gasteiger partial charge is 0.503 e. The SMILES string of the molecule is CC(C(Cc1ccc(C(=O)Nc2ccccc2)o1)c1ccc2c(c1)OCO2)N(C/C=C/c1c(Cl)cccc1Cl)C(=O)C(O)=C(CC(=O)O)C(=O)OC(C)(C)C. The summed E-state index contributed by atoms with van der Waals surface area (Å²) >= 11 is 12.8. The van der Waals surface area contributed by atoms with E-state index >= 15 is 0 Å². The number of hydrogen-bond acceptors (Lipinski definition) is 9. The Balaban J connectivity index is 1.56. The Morgan fingerprint density at radius 2 is 1.62 bits per heavy atom. The molecule has 0 bridgehead atoms. The lowest BCUT2D eigenvalue weighted by Crippen LogP contribution is -2.44. The van der Waals surface area contributed by atoms with Crippen molar-refractivity contribution in [1.29, 1.82) is 0 Å². The van der Waals surface area contributed by atoms with Gasteiger partial charge in [0.1, 0.15) is 11.4 Å². The predicted octanol–water partition coefficient (Wildman–Crippen LogP) is 8.45. The number of aliphatic carboxylic acids is 1. The molecule has 0 aliphatic carbocycles. The van der Waals surface area contributed by atoms with Crippen LogP contribution in [0.15, 0.2) is 101 Å². The summed E-state index contributed by atoms with van der Waals surface area (Å²) in [6, 6.07) is 21.6. The van der Waals surface area contributed by atoms with Gasteiger partial charge in [-0.2, -0.15) is 0 Å². The lowest BCUT2D eigenvalue weighted by Gasteiger charge is -2.34. The molecule has 2 unspecified atom stereocenters. The van der Waals surface area contributed by atoms with E-state index < -0.39 is 59.1 Å². The number of para-hydroxylation sites is 1. The highest BCUT2D eigenvalue weighted by molar-refractivity contribution is 6.37. The van der Waals surface area contributed by atoms with Crippen molar-refractivity contribution in [3.05, 3.63) is 129 Å². The Morgan fingerprint density at radius 3 is 2.29 bits per heavy atom. The summed E-state index contributed by atoms with van der Waals surface area (Å²) in [7, 11) is 0. The van der Waals surface area contributed by atoms with Crippen LogP contribution in [0.5, 0.6) is 11.5 Å². The van der Waals surface area contributed by atoms with Gasteiger partial charge in [0.2, 0.25) is 6.79 Å². The number of hydrogen-bond donors (Lipinski definition) is 3. The third-order valence-corrected chi connectivity index (χ3v) is 9.20. The molecule has 2 amide bonds. The summed E-state index contributed by atoms with van der Waals surface area (Å²) < 4.78 is 22.6. The van der Waals surface area contributed by atoms with Crippen LogP contribution in [0, 0.1) is 0 Å². The lowest BCUT2D eigenvalue weighted by molar-refractivity contribution is -0.152. The number of aliphatic hydroxyl groups excluding tert-OH is 1. The van der Waals surface area contributed by atoms with Crippen molar-refractivity contribution in [2.75, 3.05) is 18.7 Å². The first kappa shape index (κ1) is 40.5. The molecular formula is C41H40Cl2N2O10. The molecule has 0 saturated heterocycles. The third kappa shape index (κ3) is 10.5. The summed E-state index contributed by atoms with van der Waals surface area (Å²) in [6.07, 6.45) is 2.38. The number of amides is 2. The summed E-state index contributed by atoms with van der Waals surface area (Å²) in [6.45, 7) is 6.30. The van der Waals surface area contributed by atoms with Crippen LogP contribution in [0.25, 0.3) is 6.08 Å². The van der Waals surface area contributed by atoms with E-state index in [1.807, 2.05) is 6.07 Å². The fourth-order valence-electron chi connectivity index (χ4n) is 5.87. The van der Waals surface area contributed by atoms with Gasteiger partial charge in [0.25, 0.3) is 11.8 Å². The van der Waals surface area contributed by atoms with E-state index in [1.54, 1.807) is 113 Å². The molecular weight excluding hydrogens is 751 g/mol. The Labute approximate surface area is 327 Å². The first-order chi connectivity index (χ1) is 26.1. The summed E-state index contributed by atoms with van der Waals surface area (Å²) in [5.74, 6) is -4.37. The average Bonchev–Trinajstić information content (AvgIpc) is 3.81. The summed E-state index contributed by atoms with van der Waals surface area (Å²) in [5.41, 5.74) is -0.0316. The maximum Gasteiger partial charge on any atom is 0.339 e. The van der Waals surface area contributed by atoms with Crippen molar-refractivity contribution in [3.8, 4) is 11.5 Å². The molecule has 1 aliphatic rings. The molecule has 288 valence electrons. The smallest absolute Gasteiger partial charge is 0.339 e. The normalized spacial score (nSPS) is 13.9. The Morgan fingerprint density at radius 1 is 0.927 bits per heavy atom. The molecule has 4 aromatic rings. The molecule has 5 rings (SSSR count). The molecule has 3 aromatic carbocycles. The minimum absolute atomic E-state index is 0.0206. The average molecular weight is 792 g/mol. The number of furan rings is 1. The van der Waals surface area contributed by atoms with E-state index in [2.05, 4.69) is 5.32 Å². The number of esters is 1. The zero-order valence-corrected chi connectivity index (χ0v) is 32.0. The number of nitrogens with zero attached hydrogens (tertiary/aromatic N) is 1. The highest BCUT2D eigenvalue weighted by Crippen LogP contribution is 2.38. The molecule has 0 spiro atoms. The highest BCUT2D eigenvalue weighted by Gasteiger charge is 2.35. The van der Waals surface area contributed by atoms with Gasteiger partial charge in [0, 0.05) is 46.2 Å². The van der Waals surface area contributed by atoms with Gasteiger partial charge in [-0.05, 0) is 81.8 Å². The van der Waals surface area contributed by atoms with Crippen LogP contribution in [0.1, 0.15) is 67.5 Å². The Hall–Kier alpha value is -5.72. The number of carboxylic acids is 1. The van der Waals surface area contributed by atoms with Crippen molar-refractivity contribution >= 4 is 58.7 Å². The van der Waals surface area contributed by atoms with Gasteiger partial charge in [-0.3, -0.25) is 14.4 Å². The van der Waals surface area contributed by atoms with Crippen LogP contribution < -0.4 is 14.8 Å². The fraction of sp³-hybridized carbons (Fsp3) is 0.268. The number of fused-ring (bicyclic) bond motifs is 1. The van der Waals surface area contributed by atoms with Crippen LogP contribution in [0.4, 0.5) is 5.69 Å². The topological polar surface area (TPSA) is 165 Å². The van der Waals surface area contributed by atoms with Gasteiger partial charge in [-0.1, -0.05) is 65.7 Å². The van der Waals surface area contributed by atoms with Crippen LogP contribution >= 0.6 is 23.2 Å². The number of ether oxygens (including phenoxy) is 3. The number of benzene rings is 3. The van der Waals surface area contributed by atoms with Crippen LogP contribution in [-0.2, 0) is 25.5 Å². The van der Waals surface area contributed by atoms with Crippen molar-refractivity contribution in [2.24, 2.45) is 0 Å². The number of carbonyl (C=O) groups is 4. The molecule has 1 aliphatic heterocycles. The number of aliphatic hydroxyl groups is 1. The van der Waals surface area contributed by atoms with Crippen LogP contribution in [0.2, 0.25) is 10.0 Å². The van der Waals surface area contributed by atoms with Crippen molar-refractivity contribution in [2.45, 2.75) is 58.1 Å². The van der Waals surface area contributed by atoms with E-state index in [4.69, 9.17) is 41.8 Å². The van der Waals surface area contributed by atoms with Gasteiger partial charge in [0.15, 0.2) is 23.0 Å². The minimum atomic E-state index is -1.46. The standard InChI is InChI=1S/C41H40Cl2N2O10/c1-24(29(25-15-17-33-35(20-25)53-23-52-33)21-27-16-18-34(54-27)38(49)44-26-10-6-5-7-11-26)45(19-9-12-28-31(42)13-8-14-32(28)43)39(50)37(48)30(22-36(46)47)40(51)55-41(2,3)4/h5-18,20,24,29,48H,19,21-23H2,1-4H3,(H,44,49)(H,46,47)/b12-9+,37-30?. The van der Waals surface area contributed by atoms with Gasteiger partial charge in [-0.15, -0.1) is 0 Å². The van der Waals surface area contributed by atoms with Gasteiger partial charge < -0.3 is 39.1 Å². The van der Waals surface area contributed by atoms with E-state index in [1.165, 1.54) is 4.90 Å². The van der Waals surface area contributed by atoms with E-state index in [-0.39, 0.29) is 25.5 Å². The maximum atomic E-state index is 14.4. The van der Waals surface area contributed by atoms with Gasteiger partial charge in [-0.25, -0.2) is 4.79 Å². The number of anilines is 1. The molecule has 3 N–H and O–H groups in total. The molecule has 0 radical (unpaired) electrons. The van der Waals surface area contributed by atoms with Crippen molar-refractivity contribution in [1.82, 2.24) is 4.90 Å². The van der Waals surface area contributed by atoms with E-state index in [9.17, 15) is 29.4 Å². The predicted molar refractivity (Wildman–Crippen MR) is 207 cm³/mol. The minimum Gasteiger partial charge on any atom is -0.503 e. The van der Waals surface area contributed by atoms with Gasteiger partial charge >= 0.3 is 11.9 Å². The molecule has 55 heavy (non-hydrogen) atoms. The maximum absolute atomic E-state index is 14.4. The molecule has 14 heteroatoms. The molecule has 2 atom stereocenters. The molecule has 0 fully saturated rings. The number of halogens is 2. The Kier molecular flexibility index (Phi) is 13.0. The molecule has 1 aromatic heterocycles. The second-order valence-corrected chi connectivity index (χ2v) is 14.5. The Bertz CT molecular complexity index is 2100. The zero-order valence-electron chi connectivity index (χ0n) is 30.5. The van der Waals surface area contributed by atoms with Crippen LogP contribution in [-0.4, -0.2) is 63.8 Å². The molecule has 12 nitrogen and oxygen atoms in total. The van der Waals surface area contributed by atoms with Gasteiger partial charge in [0.05, 0.1) is 12.0 Å². The number of carboxylic acid groups (broad SMARTS) is 1. The monoisotopic (exact) mass is 790 g/mol. The first-order valence-electron chi connectivity index (χ1n) is 17.2. The third-order valence-electron chi connectivity index (χ3n) is 8.55. The highest BCUT2D eigenvalue weighted by atomic mass is 35.5. The summed E-state index contributed by atoms with van der Waals surface area (Å²) in [4.78, 5) is 53.8. The summed E-state index contributed by atoms with van der Waals surface area (Å²) in [5, 5.41) is 24.6. The molecule has 0 saturated carbocycles. The molecule has 2 heterocycles. The first-order valence-corrected chi connectivity index (χ1v) is 18.0. The quantitative estimate of drug-likeness (QED) is 0.0641. The van der Waals surface area contributed by atoms with E-state index in [0.717, 1.165) is 0 Å². The number of carbonyl (C=O) groups excluding carboxylic acids is 3. The fourth-order valence-corrected chi connectivity index (χ4v) is 6.39. The van der Waals surface area contributed by atoms with E-state index in [0.29, 0.717) is 44.1 Å². The number of nitrogens with one attached hydrogen (secondary N) is 1. The number of rotatable bonds is 14. The second-order valence-electron chi connectivity index (χ2n) is 13.6.